The molecule has 12 N–H and O–H groups in total. The first-order valence-electron chi connectivity index (χ1n) is 25.6. The summed E-state index contributed by atoms with van der Waals surface area (Å²) in [5.74, 6) is -0.290. The molecular weight excluding hydrogens is 891 g/mol. The zero-order valence-corrected chi connectivity index (χ0v) is 40.6. The fraction of sp³-hybridized carbons (Fsp3) is 0.898. The minimum atomic E-state index is -1.98. The normalized spacial score (nSPS) is 33.3. The molecule has 0 aromatic carbocycles. The standard InChI is InChI=1S/C49H89NO18/c1-3-5-7-9-11-13-15-17-18-20-22-24-26-33(54)32(50-37(55)27-25-23-21-19-16-14-12-10-8-6-4-2)31-63-47-43(61)40(58)45(35(29-52)65-47)68-49-44(62)41(59)46(36(30-53)66-49)67-48-42(60)39(57)38(56)34(28-51)64-48/h10,12,24,26,32-36,38-49,51-54,56-62H,3-9,11,13-23,25,27-31H2,1-2H3,(H,50,55)/b12-10-,26-24+. The fourth-order valence-corrected chi connectivity index (χ4v) is 8.64. The van der Waals surface area contributed by atoms with Gasteiger partial charge in [0.15, 0.2) is 18.9 Å². The summed E-state index contributed by atoms with van der Waals surface area (Å²) in [6.45, 7) is 1.62. The summed E-state index contributed by atoms with van der Waals surface area (Å²) in [5.41, 5.74) is 0. The van der Waals surface area contributed by atoms with Gasteiger partial charge >= 0.3 is 0 Å². The second-order valence-electron chi connectivity index (χ2n) is 18.6. The monoisotopic (exact) mass is 980 g/mol. The quantitative estimate of drug-likeness (QED) is 0.0317. The number of allylic oxidation sites excluding steroid dienone is 3. The highest BCUT2D eigenvalue weighted by molar-refractivity contribution is 5.76. The molecule has 19 nitrogen and oxygen atoms in total. The molecule has 3 aliphatic heterocycles. The smallest absolute Gasteiger partial charge is 0.220 e. The van der Waals surface area contributed by atoms with Gasteiger partial charge in [0.1, 0.15) is 73.2 Å². The number of aliphatic hydroxyl groups excluding tert-OH is 11. The summed E-state index contributed by atoms with van der Waals surface area (Å²) >= 11 is 0. The first-order valence-corrected chi connectivity index (χ1v) is 25.6. The molecule has 0 spiro atoms. The lowest BCUT2D eigenvalue weighted by molar-refractivity contribution is -0.379. The molecule has 0 aromatic rings. The van der Waals surface area contributed by atoms with Crippen LogP contribution in [-0.4, -0.2) is 193 Å². The minimum Gasteiger partial charge on any atom is -0.394 e. The van der Waals surface area contributed by atoms with Gasteiger partial charge in [-0.3, -0.25) is 4.79 Å². The van der Waals surface area contributed by atoms with Gasteiger partial charge in [0.2, 0.25) is 5.91 Å². The minimum absolute atomic E-state index is 0.233. The molecule has 3 fully saturated rings. The summed E-state index contributed by atoms with van der Waals surface area (Å²) < 4.78 is 34.1. The Kier molecular flexibility index (Phi) is 30.8. The van der Waals surface area contributed by atoms with Crippen molar-refractivity contribution >= 4 is 5.91 Å². The van der Waals surface area contributed by atoms with Crippen molar-refractivity contribution in [1.82, 2.24) is 5.32 Å². The van der Waals surface area contributed by atoms with Gasteiger partial charge < -0.3 is 89.9 Å². The van der Waals surface area contributed by atoms with Crippen LogP contribution in [-0.2, 0) is 33.2 Å². The molecule has 3 saturated heterocycles. The third-order valence-electron chi connectivity index (χ3n) is 13.0. The number of carbonyl (C=O) groups is 1. The van der Waals surface area contributed by atoms with Crippen LogP contribution >= 0.6 is 0 Å². The van der Waals surface area contributed by atoms with Crippen LogP contribution in [0.1, 0.15) is 149 Å². The highest BCUT2D eigenvalue weighted by atomic mass is 16.8. The topological polar surface area (TPSA) is 307 Å². The first-order chi connectivity index (χ1) is 32.8. The molecule has 17 atom stereocenters. The Morgan fingerprint density at radius 1 is 0.515 bits per heavy atom. The highest BCUT2D eigenvalue weighted by Crippen LogP contribution is 2.33. The van der Waals surface area contributed by atoms with Gasteiger partial charge in [-0.1, -0.05) is 128 Å². The van der Waals surface area contributed by atoms with E-state index in [0.717, 1.165) is 64.2 Å². The molecule has 398 valence electrons. The Labute approximate surface area is 403 Å². The van der Waals surface area contributed by atoms with E-state index in [9.17, 15) is 61.0 Å². The lowest BCUT2D eigenvalue weighted by Crippen LogP contribution is -2.66. The molecule has 68 heavy (non-hydrogen) atoms. The van der Waals surface area contributed by atoms with Gasteiger partial charge in [-0.2, -0.15) is 0 Å². The van der Waals surface area contributed by atoms with Crippen molar-refractivity contribution in [2.24, 2.45) is 0 Å². The van der Waals surface area contributed by atoms with Crippen molar-refractivity contribution in [1.29, 1.82) is 0 Å². The van der Waals surface area contributed by atoms with Crippen LogP contribution in [0.2, 0.25) is 0 Å². The fourth-order valence-electron chi connectivity index (χ4n) is 8.64. The van der Waals surface area contributed by atoms with Gasteiger partial charge in [0.05, 0.1) is 38.6 Å². The summed E-state index contributed by atoms with van der Waals surface area (Å²) in [6.07, 6.45) is 3.33. The number of hydrogen-bond acceptors (Lipinski definition) is 18. The Hall–Kier alpha value is -1.73. The van der Waals surface area contributed by atoms with E-state index < -0.39 is 124 Å². The van der Waals surface area contributed by atoms with Crippen LogP contribution < -0.4 is 5.32 Å². The van der Waals surface area contributed by atoms with Crippen LogP contribution in [0.15, 0.2) is 24.3 Å². The van der Waals surface area contributed by atoms with Gasteiger partial charge in [-0.25, -0.2) is 0 Å². The zero-order chi connectivity index (χ0) is 49.8. The molecule has 0 aliphatic carbocycles. The first kappa shape index (κ1) is 60.6. The van der Waals surface area contributed by atoms with Gasteiger partial charge in [-0.05, 0) is 38.5 Å². The third-order valence-corrected chi connectivity index (χ3v) is 13.0. The van der Waals surface area contributed by atoms with Crippen molar-refractivity contribution in [3.05, 3.63) is 24.3 Å². The van der Waals surface area contributed by atoms with Gasteiger partial charge in [0.25, 0.3) is 0 Å². The molecule has 0 bridgehead atoms. The molecule has 1 amide bonds. The summed E-state index contributed by atoms with van der Waals surface area (Å²) in [7, 11) is 0. The Morgan fingerprint density at radius 2 is 0.941 bits per heavy atom. The van der Waals surface area contributed by atoms with E-state index in [0.29, 0.717) is 6.42 Å². The van der Waals surface area contributed by atoms with Crippen molar-refractivity contribution in [3.8, 4) is 0 Å². The molecule has 0 saturated carbocycles. The van der Waals surface area contributed by atoms with Crippen molar-refractivity contribution in [2.75, 3.05) is 26.4 Å². The predicted molar refractivity (Wildman–Crippen MR) is 250 cm³/mol. The van der Waals surface area contributed by atoms with Crippen molar-refractivity contribution < 1.29 is 89.4 Å². The van der Waals surface area contributed by atoms with Crippen molar-refractivity contribution in [3.63, 3.8) is 0 Å². The number of aliphatic hydroxyl groups is 11. The molecule has 19 heteroatoms. The van der Waals surface area contributed by atoms with E-state index in [1.807, 2.05) is 6.08 Å². The number of unbranched alkanes of at least 4 members (excludes halogenated alkanes) is 17. The van der Waals surface area contributed by atoms with E-state index in [1.54, 1.807) is 6.08 Å². The van der Waals surface area contributed by atoms with E-state index in [4.69, 9.17) is 28.4 Å². The maximum absolute atomic E-state index is 13.2. The van der Waals surface area contributed by atoms with Gasteiger partial charge in [-0.15, -0.1) is 0 Å². The van der Waals surface area contributed by atoms with Crippen LogP contribution in [0.4, 0.5) is 0 Å². The van der Waals surface area contributed by atoms with Crippen LogP contribution in [0.3, 0.4) is 0 Å². The number of hydrogen-bond donors (Lipinski definition) is 12. The zero-order valence-electron chi connectivity index (χ0n) is 40.6. The maximum Gasteiger partial charge on any atom is 0.220 e. The van der Waals surface area contributed by atoms with Gasteiger partial charge in [0, 0.05) is 6.42 Å². The lowest BCUT2D eigenvalue weighted by atomic mass is 9.96. The van der Waals surface area contributed by atoms with Crippen LogP contribution in [0, 0.1) is 0 Å². The van der Waals surface area contributed by atoms with E-state index >= 15 is 0 Å². The lowest BCUT2D eigenvalue weighted by Gasteiger charge is -2.48. The second-order valence-corrected chi connectivity index (χ2v) is 18.6. The van der Waals surface area contributed by atoms with Crippen LogP contribution in [0.25, 0.3) is 0 Å². The molecular formula is C49H89NO18. The molecule has 3 aliphatic rings. The number of amides is 1. The molecule has 3 heterocycles. The van der Waals surface area contributed by atoms with E-state index in [2.05, 4.69) is 31.3 Å². The average Bonchev–Trinajstić information content (AvgIpc) is 3.33. The second kappa shape index (κ2) is 34.6. The largest absolute Gasteiger partial charge is 0.394 e. The number of rotatable bonds is 35. The third kappa shape index (κ3) is 20.4. The Bertz CT molecular complexity index is 1360. The number of carbonyl (C=O) groups excluding carboxylic acids is 1. The Balaban J connectivity index is 1.58. The Morgan fingerprint density at radius 3 is 1.47 bits per heavy atom. The number of nitrogens with one attached hydrogen (secondary N) is 1. The van der Waals surface area contributed by atoms with E-state index in [1.165, 1.54) is 57.8 Å². The number of ether oxygens (including phenoxy) is 6. The SMILES string of the molecule is CCCC/C=C\CCCCCCCC(=O)NC(COC1OC(CO)C(OC2OC(CO)C(OC3OC(CO)C(O)C(O)C3O)C(O)C2O)C(O)C1O)C(O)/C=C/CCCCCCCCCCCC. The maximum atomic E-state index is 13.2. The average molecular weight is 980 g/mol. The molecule has 0 aromatic heterocycles. The highest BCUT2D eigenvalue weighted by Gasteiger charge is 2.53. The summed E-state index contributed by atoms with van der Waals surface area (Å²) in [6, 6.07) is -0.971. The van der Waals surface area contributed by atoms with E-state index in [-0.39, 0.29) is 18.9 Å². The van der Waals surface area contributed by atoms with Crippen LogP contribution in [0.5, 0.6) is 0 Å². The molecule has 0 radical (unpaired) electrons. The molecule has 17 unspecified atom stereocenters. The summed E-state index contributed by atoms with van der Waals surface area (Å²) in [4.78, 5) is 13.2. The van der Waals surface area contributed by atoms with Crippen molar-refractivity contribution in [2.45, 2.75) is 253 Å². The molecule has 3 rings (SSSR count). The predicted octanol–water partition coefficient (Wildman–Crippen LogP) is 1.64. The summed E-state index contributed by atoms with van der Waals surface area (Å²) in [5, 5.41) is 119.